The second-order valence-corrected chi connectivity index (χ2v) is 9.52. The van der Waals surface area contributed by atoms with E-state index in [9.17, 15) is 9.18 Å². The lowest BCUT2D eigenvalue weighted by atomic mass is 9.87. The molecule has 4 rings (SSSR count). The highest BCUT2D eigenvalue weighted by atomic mass is 19.1. The summed E-state index contributed by atoms with van der Waals surface area (Å²) in [6.45, 7) is 5.10. The average Bonchev–Trinajstić information content (AvgIpc) is 3.29. The second kappa shape index (κ2) is 10.7. The number of ether oxygens (including phenoxy) is 1. The largest absolute Gasteiger partial charge is 0.376 e. The van der Waals surface area contributed by atoms with Gasteiger partial charge in [-0.1, -0.05) is 37.5 Å². The van der Waals surface area contributed by atoms with Crippen LogP contribution in [0.25, 0.3) is 0 Å². The number of carbonyl (C=O) groups is 1. The summed E-state index contributed by atoms with van der Waals surface area (Å²) in [6.07, 6.45) is 10.3. The van der Waals surface area contributed by atoms with Gasteiger partial charge in [0.1, 0.15) is 5.82 Å². The van der Waals surface area contributed by atoms with Gasteiger partial charge < -0.3 is 9.64 Å². The van der Waals surface area contributed by atoms with Crippen LogP contribution in [0.1, 0.15) is 63.4 Å². The molecular weight excluding hydrogens is 379 g/mol. The fraction of sp³-hybridized carbons (Fsp3) is 0.720. The third kappa shape index (κ3) is 5.82. The molecule has 2 saturated heterocycles. The summed E-state index contributed by atoms with van der Waals surface area (Å²) < 4.78 is 19.8. The molecule has 1 aromatic rings. The SMILES string of the molecule is O=C(C1CCCCC1)N(CC1CCN(Cc2ccccc2F)CC1)CC1CCCO1. The van der Waals surface area contributed by atoms with E-state index in [1.165, 1.54) is 19.3 Å². The highest BCUT2D eigenvalue weighted by molar-refractivity contribution is 5.79. The minimum atomic E-state index is -0.111. The smallest absolute Gasteiger partial charge is 0.225 e. The molecule has 30 heavy (non-hydrogen) atoms. The number of carbonyl (C=O) groups excluding carboxylic acids is 1. The lowest BCUT2D eigenvalue weighted by Gasteiger charge is -2.37. The highest BCUT2D eigenvalue weighted by Crippen LogP contribution is 2.28. The normalized spacial score (nSPS) is 24.2. The van der Waals surface area contributed by atoms with Crippen LogP contribution in [-0.4, -0.2) is 54.6 Å². The summed E-state index contributed by atoms with van der Waals surface area (Å²) in [4.78, 5) is 17.8. The van der Waals surface area contributed by atoms with Crippen molar-refractivity contribution in [2.24, 2.45) is 11.8 Å². The summed E-state index contributed by atoms with van der Waals surface area (Å²) in [5.41, 5.74) is 0.781. The Hall–Kier alpha value is -1.46. The van der Waals surface area contributed by atoms with Gasteiger partial charge >= 0.3 is 0 Å². The van der Waals surface area contributed by atoms with E-state index < -0.39 is 0 Å². The Morgan fingerprint density at radius 1 is 1.00 bits per heavy atom. The first-order chi connectivity index (χ1) is 14.7. The average molecular weight is 417 g/mol. The van der Waals surface area contributed by atoms with E-state index in [1.54, 1.807) is 12.1 Å². The number of benzene rings is 1. The molecule has 1 aromatic carbocycles. The molecule has 4 nitrogen and oxygen atoms in total. The molecule has 1 atom stereocenters. The molecule has 1 aliphatic carbocycles. The van der Waals surface area contributed by atoms with Crippen LogP contribution in [0.15, 0.2) is 24.3 Å². The molecular formula is C25H37FN2O2. The van der Waals surface area contributed by atoms with Crippen molar-refractivity contribution in [2.75, 3.05) is 32.8 Å². The Kier molecular flexibility index (Phi) is 7.78. The van der Waals surface area contributed by atoms with Crippen molar-refractivity contribution in [3.63, 3.8) is 0 Å². The fourth-order valence-corrected chi connectivity index (χ4v) is 5.40. The van der Waals surface area contributed by atoms with Crippen molar-refractivity contribution in [3.8, 4) is 0 Å². The molecule has 1 unspecified atom stereocenters. The number of halogens is 1. The Morgan fingerprint density at radius 3 is 2.47 bits per heavy atom. The van der Waals surface area contributed by atoms with Gasteiger partial charge in [-0.2, -0.15) is 0 Å². The zero-order chi connectivity index (χ0) is 20.8. The fourth-order valence-electron chi connectivity index (χ4n) is 5.40. The zero-order valence-corrected chi connectivity index (χ0v) is 18.2. The number of rotatable bonds is 7. The number of nitrogens with zero attached hydrogens (tertiary/aromatic N) is 2. The van der Waals surface area contributed by atoms with Crippen molar-refractivity contribution in [2.45, 2.75) is 70.4 Å². The van der Waals surface area contributed by atoms with E-state index in [2.05, 4.69) is 9.80 Å². The van der Waals surface area contributed by atoms with Crippen molar-refractivity contribution in [3.05, 3.63) is 35.6 Å². The Bertz CT molecular complexity index is 677. The predicted molar refractivity (Wildman–Crippen MR) is 117 cm³/mol. The van der Waals surface area contributed by atoms with Crippen molar-refractivity contribution < 1.29 is 13.9 Å². The van der Waals surface area contributed by atoms with Crippen LogP contribution < -0.4 is 0 Å². The van der Waals surface area contributed by atoms with E-state index >= 15 is 0 Å². The van der Waals surface area contributed by atoms with E-state index in [0.29, 0.717) is 18.4 Å². The molecule has 3 aliphatic rings. The van der Waals surface area contributed by atoms with E-state index in [-0.39, 0.29) is 17.8 Å². The van der Waals surface area contributed by atoms with Crippen LogP contribution in [-0.2, 0) is 16.1 Å². The number of piperidine rings is 1. The first kappa shape index (κ1) is 21.8. The molecule has 5 heteroatoms. The van der Waals surface area contributed by atoms with Gasteiger partial charge in [-0.3, -0.25) is 9.69 Å². The first-order valence-electron chi connectivity index (χ1n) is 12.0. The Balaban J connectivity index is 1.31. The molecule has 3 fully saturated rings. The molecule has 0 N–H and O–H groups in total. The molecule has 0 spiro atoms. The topological polar surface area (TPSA) is 32.8 Å². The van der Waals surface area contributed by atoms with Crippen LogP contribution in [0.3, 0.4) is 0 Å². The molecule has 2 aliphatic heterocycles. The van der Waals surface area contributed by atoms with Crippen LogP contribution in [0.4, 0.5) is 4.39 Å². The zero-order valence-electron chi connectivity index (χ0n) is 18.2. The van der Waals surface area contributed by atoms with Crippen LogP contribution >= 0.6 is 0 Å². The van der Waals surface area contributed by atoms with Gasteiger partial charge in [0.2, 0.25) is 5.91 Å². The first-order valence-corrected chi connectivity index (χ1v) is 12.0. The van der Waals surface area contributed by atoms with Gasteiger partial charge in [0, 0.05) is 37.7 Å². The van der Waals surface area contributed by atoms with Gasteiger partial charge in [-0.25, -0.2) is 4.39 Å². The van der Waals surface area contributed by atoms with Gasteiger partial charge in [-0.15, -0.1) is 0 Å². The molecule has 1 saturated carbocycles. The molecule has 166 valence electrons. The predicted octanol–water partition coefficient (Wildman–Crippen LogP) is 4.63. The lowest BCUT2D eigenvalue weighted by Crippen LogP contribution is -2.46. The number of hydrogen-bond acceptors (Lipinski definition) is 3. The van der Waals surface area contributed by atoms with Crippen molar-refractivity contribution in [1.29, 1.82) is 0 Å². The van der Waals surface area contributed by atoms with E-state index in [1.807, 2.05) is 12.1 Å². The maximum Gasteiger partial charge on any atom is 0.225 e. The molecule has 0 aromatic heterocycles. The third-order valence-corrected chi connectivity index (χ3v) is 7.25. The molecule has 0 radical (unpaired) electrons. The maximum absolute atomic E-state index is 14.0. The monoisotopic (exact) mass is 416 g/mol. The summed E-state index contributed by atoms with van der Waals surface area (Å²) in [5, 5.41) is 0. The second-order valence-electron chi connectivity index (χ2n) is 9.52. The summed E-state index contributed by atoms with van der Waals surface area (Å²) in [5.74, 6) is 1.02. The van der Waals surface area contributed by atoms with Gasteiger partial charge in [0.15, 0.2) is 0 Å². The maximum atomic E-state index is 14.0. The van der Waals surface area contributed by atoms with Crippen molar-refractivity contribution >= 4 is 5.91 Å². The van der Waals surface area contributed by atoms with Crippen molar-refractivity contribution in [1.82, 2.24) is 9.80 Å². The van der Waals surface area contributed by atoms with Gasteiger partial charge in [-0.05, 0) is 63.6 Å². The summed E-state index contributed by atoms with van der Waals surface area (Å²) in [6, 6.07) is 7.08. The number of likely N-dealkylation sites (tertiary alicyclic amines) is 1. The Labute approximate surface area is 180 Å². The lowest BCUT2D eigenvalue weighted by molar-refractivity contribution is -0.139. The molecule has 0 bridgehead atoms. The van der Waals surface area contributed by atoms with Crippen LogP contribution in [0.5, 0.6) is 0 Å². The highest BCUT2D eigenvalue weighted by Gasteiger charge is 2.31. The third-order valence-electron chi connectivity index (χ3n) is 7.25. The minimum absolute atomic E-state index is 0.111. The van der Waals surface area contributed by atoms with Gasteiger partial charge in [0.05, 0.1) is 6.10 Å². The number of hydrogen-bond donors (Lipinski definition) is 0. The van der Waals surface area contributed by atoms with Crippen LogP contribution in [0, 0.1) is 17.7 Å². The standard InChI is InChI=1S/C25H37FN2O2/c26-24-11-5-4-9-22(24)18-27-14-12-20(13-15-27)17-28(19-23-10-6-16-30-23)25(29)21-7-2-1-3-8-21/h4-5,9,11,20-21,23H,1-3,6-8,10,12-19H2. The van der Waals surface area contributed by atoms with Gasteiger partial charge in [0.25, 0.3) is 0 Å². The molecule has 2 heterocycles. The van der Waals surface area contributed by atoms with Crippen LogP contribution in [0.2, 0.25) is 0 Å². The quantitative estimate of drug-likeness (QED) is 0.650. The summed E-state index contributed by atoms with van der Waals surface area (Å²) >= 11 is 0. The van der Waals surface area contributed by atoms with E-state index in [4.69, 9.17) is 4.74 Å². The summed E-state index contributed by atoms with van der Waals surface area (Å²) in [7, 11) is 0. The number of amides is 1. The minimum Gasteiger partial charge on any atom is -0.376 e. The van der Waals surface area contributed by atoms with E-state index in [0.717, 1.165) is 76.9 Å². The molecule has 1 amide bonds. The Morgan fingerprint density at radius 2 is 1.77 bits per heavy atom.